The number of hydrogen-bond donors (Lipinski definition) is 0. The fourth-order valence-electron chi connectivity index (χ4n) is 0.850. The molecule has 1 aromatic heterocycles. The van der Waals surface area contributed by atoms with Gasteiger partial charge in [-0.25, -0.2) is 0 Å². The quantitative estimate of drug-likeness (QED) is 0.802. The molecule has 0 aliphatic carbocycles. The summed E-state index contributed by atoms with van der Waals surface area (Å²) in [5.74, 6) is 0.915. The highest BCUT2D eigenvalue weighted by Gasteiger charge is 2.09. The van der Waals surface area contributed by atoms with Crippen molar-refractivity contribution in [2.45, 2.75) is 26.7 Å². The first kappa shape index (κ1) is 9.45. The first-order chi connectivity index (χ1) is 5.61. The molecule has 0 aliphatic rings. The maximum absolute atomic E-state index is 10.7. The largest absolute Gasteiger partial charge is 0.360 e. The molecule has 66 valence electrons. The molecule has 1 aromatic rings. The average Bonchev–Trinajstić information content (AvgIpc) is 2.30. The molecule has 3 nitrogen and oxygen atoms in total. The highest BCUT2D eigenvalue weighted by atomic mass is 79.9. The van der Waals surface area contributed by atoms with Gasteiger partial charge in [-0.05, 0) is 29.8 Å². The minimum atomic E-state index is 0.163. The van der Waals surface area contributed by atoms with Crippen molar-refractivity contribution in [1.29, 1.82) is 0 Å². The van der Waals surface area contributed by atoms with E-state index in [1.54, 1.807) is 6.92 Å². The van der Waals surface area contributed by atoms with Crippen LogP contribution in [0.25, 0.3) is 0 Å². The Hall–Kier alpha value is -0.640. The summed E-state index contributed by atoms with van der Waals surface area (Å²) in [5.41, 5.74) is 0.827. The second kappa shape index (κ2) is 3.85. The van der Waals surface area contributed by atoms with Gasteiger partial charge in [0.25, 0.3) is 0 Å². The molecule has 12 heavy (non-hydrogen) atoms. The zero-order valence-corrected chi connectivity index (χ0v) is 8.64. The molecule has 0 N–H and O–H groups in total. The van der Waals surface area contributed by atoms with Crippen molar-refractivity contribution >= 4 is 21.7 Å². The molecule has 0 fully saturated rings. The van der Waals surface area contributed by atoms with E-state index in [-0.39, 0.29) is 5.78 Å². The Kier molecular flexibility index (Phi) is 3.03. The molecule has 0 radical (unpaired) electrons. The third-order valence-corrected chi connectivity index (χ3v) is 2.58. The van der Waals surface area contributed by atoms with Crippen LogP contribution in [0.4, 0.5) is 0 Å². The molecule has 0 saturated heterocycles. The smallest absolute Gasteiger partial charge is 0.151 e. The van der Waals surface area contributed by atoms with E-state index < -0.39 is 0 Å². The van der Waals surface area contributed by atoms with E-state index in [1.165, 1.54) is 0 Å². The van der Waals surface area contributed by atoms with Crippen LogP contribution in [0, 0.1) is 6.92 Å². The maximum atomic E-state index is 10.7. The minimum Gasteiger partial charge on any atom is -0.360 e. The second-order valence-electron chi connectivity index (χ2n) is 2.71. The summed E-state index contributed by atoms with van der Waals surface area (Å²) in [7, 11) is 0. The van der Waals surface area contributed by atoms with Crippen molar-refractivity contribution in [2.24, 2.45) is 0 Å². The van der Waals surface area contributed by atoms with Crippen LogP contribution in [0.2, 0.25) is 0 Å². The topological polar surface area (TPSA) is 43.1 Å². The first-order valence-corrected chi connectivity index (χ1v) is 4.50. The lowest BCUT2D eigenvalue weighted by atomic mass is 10.2. The van der Waals surface area contributed by atoms with Crippen molar-refractivity contribution in [3.63, 3.8) is 0 Å². The average molecular weight is 232 g/mol. The van der Waals surface area contributed by atoms with Crippen molar-refractivity contribution in [2.75, 3.05) is 0 Å². The SMILES string of the molecule is CC(=O)CCc1onc(C)c1Br. The van der Waals surface area contributed by atoms with Crippen LogP contribution >= 0.6 is 15.9 Å². The van der Waals surface area contributed by atoms with E-state index >= 15 is 0 Å². The highest BCUT2D eigenvalue weighted by molar-refractivity contribution is 9.10. The van der Waals surface area contributed by atoms with Crippen LogP contribution in [-0.4, -0.2) is 10.9 Å². The predicted octanol–water partition coefficient (Wildman–Crippen LogP) is 2.27. The number of nitrogens with zero attached hydrogens (tertiary/aromatic N) is 1. The number of aromatic nitrogens is 1. The van der Waals surface area contributed by atoms with E-state index in [0.29, 0.717) is 12.8 Å². The summed E-state index contributed by atoms with van der Waals surface area (Å²) in [4.78, 5) is 10.7. The van der Waals surface area contributed by atoms with Crippen LogP contribution in [0.3, 0.4) is 0 Å². The Morgan fingerprint density at radius 2 is 2.33 bits per heavy atom. The molecular formula is C8H10BrNO2. The Labute approximate surface area is 79.3 Å². The summed E-state index contributed by atoms with van der Waals surface area (Å²) < 4.78 is 5.87. The summed E-state index contributed by atoms with van der Waals surface area (Å²) in [6.07, 6.45) is 1.13. The number of aryl methyl sites for hydroxylation is 2. The van der Waals surface area contributed by atoms with E-state index in [1.807, 2.05) is 6.92 Å². The molecule has 1 rings (SSSR count). The van der Waals surface area contributed by atoms with Crippen LogP contribution in [-0.2, 0) is 11.2 Å². The Balaban J connectivity index is 2.63. The monoisotopic (exact) mass is 231 g/mol. The van der Waals surface area contributed by atoms with Crippen molar-refractivity contribution in [3.8, 4) is 0 Å². The number of rotatable bonds is 3. The molecule has 0 aliphatic heterocycles. The highest BCUT2D eigenvalue weighted by Crippen LogP contribution is 2.21. The van der Waals surface area contributed by atoms with Gasteiger partial charge < -0.3 is 9.32 Å². The number of hydrogen-bond acceptors (Lipinski definition) is 3. The van der Waals surface area contributed by atoms with E-state index in [2.05, 4.69) is 21.1 Å². The third-order valence-electron chi connectivity index (χ3n) is 1.56. The summed E-state index contributed by atoms with van der Waals surface area (Å²) >= 11 is 3.33. The molecule has 1 heterocycles. The van der Waals surface area contributed by atoms with Gasteiger partial charge in [-0.15, -0.1) is 0 Å². The summed E-state index contributed by atoms with van der Waals surface area (Å²) in [5, 5.41) is 3.76. The Morgan fingerprint density at radius 1 is 1.67 bits per heavy atom. The molecule has 0 aromatic carbocycles. The first-order valence-electron chi connectivity index (χ1n) is 3.71. The fraction of sp³-hybridized carbons (Fsp3) is 0.500. The second-order valence-corrected chi connectivity index (χ2v) is 3.50. The van der Waals surface area contributed by atoms with Crippen LogP contribution in [0.15, 0.2) is 9.00 Å². The van der Waals surface area contributed by atoms with Crippen LogP contribution in [0.1, 0.15) is 24.8 Å². The van der Waals surface area contributed by atoms with Gasteiger partial charge in [0, 0.05) is 12.8 Å². The lowest BCUT2D eigenvalue weighted by Gasteiger charge is -1.91. The van der Waals surface area contributed by atoms with Crippen molar-refractivity contribution in [3.05, 3.63) is 15.9 Å². The summed E-state index contributed by atoms with van der Waals surface area (Å²) in [6, 6.07) is 0. The normalized spacial score (nSPS) is 10.2. The maximum Gasteiger partial charge on any atom is 0.151 e. The molecule has 0 unspecified atom stereocenters. The Morgan fingerprint density at radius 3 is 2.75 bits per heavy atom. The van der Waals surface area contributed by atoms with Gasteiger partial charge >= 0.3 is 0 Å². The molecule has 4 heteroatoms. The number of halogens is 1. The van der Waals surface area contributed by atoms with Gasteiger partial charge in [0.2, 0.25) is 0 Å². The van der Waals surface area contributed by atoms with Crippen molar-refractivity contribution in [1.82, 2.24) is 5.16 Å². The third kappa shape index (κ3) is 2.17. The van der Waals surface area contributed by atoms with Gasteiger partial charge in [-0.3, -0.25) is 0 Å². The number of ketones is 1. The van der Waals surface area contributed by atoms with E-state index in [9.17, 15) is 4.79 Å². The van der Waals surface area contributed by atoms with Crippen LogP contribution in [0.5, 0.6) is 0 Å². The van der Waals surface area contributed by atoms with Gasteiger partial charge in [0.1, 0.15) is 5.78 Å². The van der Waals surface area contributed by atoms with Crippen molar-refractivity contribution < 1.29 is 9.32 Å². The molecule has 0 amide bonds. The Bertz CT molecular complexity index is 293. The fourth-order valence-corrected chi connectivity index (χ4v) is 1.19. The zero-order valence-electron chi connectivity index (χ0n) is 7.06. The molecule has 0 saturated carbocycles. The standard InChI is InChI=1S/C8H10BrNO2/c1-5(11)3-4-7-8(9)6(2)10-12-7/h3-4H2,1-2H3. The molecule has 0 spiro atoms. The lowest BCUT2D eigenvalue weighted by Crippen LogP contribution is -1.93. The number of carbonyl (C=O) groups excluding carboxylic acids is 1. The predicted molar refractivity (Wildman–Crippen MR) is 47.9 cm³/mol. The van der Waals surface area contributed by atoms with E-state index in [0.717, 1.165) is 15.9 Å². The van der Waals surface area contributed by atoms with Gasteiger partial charge in [-0.2, -0.15) is 0 Å². The lowest BCUT2D eigenvalue weighted by molar-refractivity contribution is -0.117. The van der Waals surface area contributed by atoms with Gasteiger partial charge in [0.05, 0.1) is 10.2 Å². The molecule has 0 atom stereocenters. The van der Waals surface area contributed by atoms with Gasteiger partial charge in [0.15, 0.2) is 5.76 Å². The summed E-state index contributed by atoms with van der Waals surface area (Å²) in [6.45, 7) is 3.42. The number of carbonyl (C=O) groups is 1. The minimum absolute atomic E-state index is 0.163. The molecule has 0 bridgehead atoms. The van der Waals surface area contributed by atoms with Gasteiger partial charge in [-0.1, -0.05) is 5.16 Å². The van der Waals surface area contributed by atoms with Crippen LogP contribution < -0.4 is 0 Å². The molecular weight excluding hydrogens is 222 g/mol. The number of Topliss-reactive ketones (excluding diaryl/α,β-unsaturated/α-hetero) is 1. The zero-order chi connectivity index (χ0) is 9.14. The van der Waals surface area contributed by atoms with E-state index in [4.69, 9.17) is 4.52 Å².